The standard InChI is InChI=1S/C18H16N6O/c1-2-25-16-10-6-5-9-15(16)22-18-23-17(12-20-24-18)21-14-8-4-3-7-13(14)11-19/h3-10,12H,2H2,1H3,(H2,21,22,23,24). The Balaban J connectivity index is 1.82. The van der Waals surface area contributed by atoms with Crippen molar-refractivity contribution in [1.82, 2.24) is 15.2 Å². The second-order valence-corrected chi connectivity index (χ2v) is 5.00. The highest BCUT2D eigenvalue weighted by Gasteiger charge is 2.07. The van der Waals surface area contributed by atoms with E-state index < -0.39 is 0 Å². The number of hydrogen-bond donors (Lipinski definition) is 2. The lowest BCUT2D eigenvalue weighted by molar-refractivity contribution is 0.342. The van der Waals surface area contributed by atoms with Crippen molar-refractivity contribution < 1.29 is 4.74 Å². The fourth-order valence-corrected chi connectivity index (χ4v) is 2.22. The molecule has 25 heavy (non-hydrogen) atoms. The predicted molar refractivity (Wildman–Crippen MR) is 95.2 cm³/mol. The molecule has 0 aliphatic heterocycles. The minimum absolute atomic E-state index is 0.326. The molecule has 3 aromatic rings. The number of rotatable bonds is 6. The Morgan fingerprint density at radius 3 is 2.60 bits per heavy atom. The van der Waals surface area contributed by atoms with Gasteiger partial charge in [0.1, 0.15) is 11.8 Å². The zero-order valence-corrected chi connectivity index (χ0v) is 13.6. The molecule has 0 aliphatic rings. The summed E-state index contributed by atoms with van der Waals surface area (Å²) in [5.74, 6) is 1.52. The van der Waals surface area contributed by atoms with Crippen molar-refractivity contribution in [1.29, 1.82) is 5.26 Å². The molecule has 2 aromatic carbocycles. The number of anilines is 4. The summed E-state index contributed by atoms with van der Waals surface area (Å²) in [6.07, 6.45) is 1.49. The molecule has 0 radical (unpaired) electrons. The molecule has 0 amide bonds. The van der Waals surface area contributed by atoms with E-state index in [2.05, 4.69) is 31.9 Å². The summed E-state index contributed by atoms with van der Waals surface area (Å²) in [6.45, 7) is 2.48. The Hall–Kier alpha value is -3.66. The van der Waals surface area contributed by atoms with Gasteiger partial charge in [-0.25, -0.2) is 0 Å². The average molecular weight is 332 g/mol. The first kappa shape index (κ1) is 16.2. The van der Waals surface area contributed by atoms with E-state index in [4.69, 9.17) is 10.00 Å². The van der Waals surface area contributed by atoms with Crippen LogP contribution in [0.15, 0.2) is 54.7 Å². The van der Waals surface area contributed by atoms with Gasteiger partial charge in [0, 0.05) is 0 Å². The molecule has 0 spiro atoms. The number of nitrogens with zero attached hydrogens (tertiary/aromatic N) is 4. The summed E-state index contributed by atoms with van der Waals surface area (Å²) in [5, 5.41) is 23.3. The highest BCUT2D eigenvalue weighted by Crippen LogP contribution is 2.26. The van der Waals surface area contributed by atoms with Crippen LogP contribution in [0, 0.1) is 11.3 Å². The fraction of sp³-hybridized carbons (Fsp3) is 0.111. The number of ether oxygens (including phenoxy) is 1. The molecule has 0 fully saturated rings. The number of hydrogen-bond acceptors (Lipinski definition) is 7. The number of aromatic nitrogens is 3. The quantitative estimate of drug-likeness (QED) is 0.711. The van der Waals surface area contributed by atoms with Crippen molar-refractivity contribution in [2.24, 2.45) is 0 Å². The van der Waals surface area contributed by atoms with Crippen LogP contribution in [0.1, 0.15) is 12.5 Å². The zero-order valence-electron chi connectivity index (χ0n) is 13.6. The second-order valence-electron chi connectivity index (χ2n) is 5.00. The Morgan fingerprint density at radius 2 is 1.80 bits per heavy atom. The topological polar surface area (TPSA) is 95.8 Å². The van der Waals surface area contributed by atoms with E-state index in [1.54, 1.807) is 18.2 Å². The zero-order chi connectivity index (χ0) is 17.5. The van der Waals surface area contributed by atoms with Gasteiger partial charge in [-0.05, 0) is 31.2 Å². The van der Waals surface area contributed by atoms with Gasteiger partial charge < -0.3 is 15.4 Å². The van der Waals surface area contributed by atoms with Crippen LogP contribution < -0.4 is 15.4 Å². The van der Waals surface area contributed by atoms with Gasteiger partial charge in [-0.3, -0.25) is 0 Å². The molecule has 3 rings (SSSR count). The molecule has 0 aliphatic carbocycles. The van der Waals surface area contributed by atoms with E-state index >= 15 is 0 Å². The Kier molecular flexibility index (Phi) is 5.02. The van der Waals surface area contributed by atoms with Gasteiger partial charge in [0.2, 0.25) is 5.95 Å². The first-order valence-electron chi connectivity index (χ1n) is 7.75. The van der Waals surface area contributed by atoms with E-state index in [1.165, 1.54) is 6.20 Å². The smallest absolute Gasteiger partial charge is 0.249 e. The van der Waals surface area contributed by atoms with Crippen molar-refractivity contribution in [3.05, 3.63) is 60.3 Å². The van der Waals surface area contributed by atoms with Crippen molar-refractivity contribution in [2.75, 3.05) is 17.2 Å². The minimum atomic E-state index is 0.326. The van der Waals surface area contributed by atoms with Gasteiger partial charge >= 0.3 is 0 Å². The Morgan fingerprint density at radius 1 is 1.04 bits per heavy atom. The van der Waals surface area contributed by atoms with E-state index in [0.29, 0.717) is 35.4 Å². The largest absolute Gasteiger partial charge is 0.492 e. The SMILES string of the molecule is CCOc1ccccc1Nc1nncc(Nc2ccccc2C#N)n1. The first-order chi connectivity index (χ1) is 12.3. The molecule has 2 N–H and O–H groups in total. The van der Waals surface area contributed by atoms with Crippen molar-refractivity contribution in [2.45, 2.75) is 6.92 Å². The molecule has 1 aromatic heterocycles. The molecule has 0 bridgehead atoms. The maximum Gasteiger partial charge on any atom is 0.249 e. The van der Waals surface area contributed by atoms with Crippen LogP contribution in [0.5, 0.6) is 5.75 Å². The molecular formula is C18H16N6O. The number of benzene rings is 2. The van der Waals surface area contributed by atoms with E-state index in [9.17, 15) is 0 Å². The third kappa shape index (κ3) is 4.00. The molecule has 0 unspecified atom stereocenters. The van der Waals surface area contributed by atoms with Crippen molar-refractivity contribution in [3.63, 3.8) is 0 Å². The van der Waals surface area contributed by atoms with Crippen molar-refractivity contribution >= 4 is 23.1 Å². The molecule has 0 saturated heterocycles. The second kappa shape index (κ2) is 7.75. The molecule has 7 heteroatoms. The third-order valence-electron chi connectivity index (χ3n) is 3.30. The average Bonchev–Trinajstić information content (AvgIpc) is 2.64. The molecule has 1 heterocycles. The van der Waals surface area contributed by atoms with E-state index in [0.717, 1.165) is 5.69 Å². The third-order valence-corrected chi connectivity index (χ3v) is 3.30. The van der Waals surface area contributed by atoms with Crippen LogP contribution in [-0.2, 0) is 0 Å². The van der Waals surface area contributed by atoms with Crippen LogP contribution in [0.25, 0.3) is 0 Å². The Labute approximate surface area is 145 Å². The van der Waals surface area contributed by atoms with Crippen LogP contribution in [0.4, 0.5) is 23.1 Å². The van der Waals surface area contributed by atoms with Gasteiger partial charge in [-0.2, -0.15) is 15.3 Å². The summed E-state index contributed by atoms with van der Waals surface area (Å²) in [6, 6.07) is 16.8. The lowest BCUT2D eigenvalue weighted by Crippen LogP contribution is -2.04. The van der Waals surface area contributed by atoms with Crippen LogP contribution in [0.2, 0.25) is 0 Å². The van der Waals surface area contributed by atoms with Gasteiger partial charge in [0.25, 0.3) is 0 Å². The van der Waals surface area contributed by atoms with Gasteiger partial charge in [0.05, 0.1) is 29.7 Å². The van der Waals surface area contributed by atoms with Gasteiger partial charge in [0.15, 0.2) is 5.82 Å². The van der Waals surface area contributed by atoms with Crippen LogP contribution in [-0.4, -0.2) is 21.8 Å². The lowest BCUT2D eigenvalue weighted by Gasteiger charge is -2.11. The number of nitriles is 1. The van der Waals surface area contributed by atoms with E-state index in [-0.39, 0.29) is 0 Å². The predicted octanol–water partition coefficient (Wildman–Crippen LogP) is 3.63. The van der Waals surface area contributed by atoms with Gasteiger partial charge in [-0.1, -0.05) is 24.3 Å². The van der Waals surface area contributed by atoms with Crippen molar-refractivity contribution in [3.8, 4) is 11.8 Å². The maximum absolute atomic E-state index is 9.16. The highest BCUT2D eigenvalue weighted by molar-refractivity contribution is 5.66. The summed E-state index contributed by atoms with van der Waals surface area (Å²) in [4.78, 5) is 4.38. The van der Waals surface area contributed by atoms with Crippen LogP contribution in [0.3, 0.4) is 0 Å². The molecule has 0 atom stereocenters. The summed E-state index contributed by atoms with van der Waals surface area (Å²) < 4.78 is 5.58. The summed E-state index contributed by atoms with van der Waals surface area (Å²) >= 11 is 0. The van der Waals surface area contributed by atoms with Crippen LogP contribution >= 0.6 is 0 Å². The minimum Gasteiger partial charge on any atom is -0.492 e. The van der Waals surface area contributed by atoms with Gasteiger partial charge in [-0.15, -0.1) is 5.10 Å². The normalized spacial score (nSPS) is 9.92. The molecule has 0 saturated carbocycles. The van der Waals surface area contributed by atoms with E-state index in [1.807, 2.05) is 37.3 Å². The monoisotopic (exact) mass is 332 g/mol. The summed E-state index contributed by atoms with van der Waals surface area (Å²) in [7, 11) is 0. The fourth-order valence-electron chi connectivity index (χ4n) is 2.22. The molecule has 7 nitrogen and oxygen atoms in total. The lowest BCUT2D eigenvalue weighted by atomic mass is 10.2. The molecule has 124 valence electrons. The Bertz CT molecular complexity index is 906. The summed E-state index contributed by atoms with van der Waals surface area (Å²) in [5.41, 5.74) is 1.93. The number of para-hydroxylation sites is 3. The maximum atomic E-state index is 9.16. The number of nitrogens with one attached hydrogen (secondary N) is 2. The highest BCUT2D eigenvalue weighted by atomic mass is 16.5. The first-order valence-corrected chi connectivity index (χ1v) is 7.75. The molecular weight excluding hydrogens is 316 g/mol.